The quantitative estimate of drug-likeness (QED) is 0.675. The van der Waals surface area contributed by atoms with Crippen LogP contribution in [-0.4, -0.2) is 51.7 Å². The molecule has 0 aliphatic carbocycles. The zero-order valence-electron chi connectivity index (χ0n) is 15.8. The van der Waals surface area contributed by atoms with Crippen molar-refractivity contribution < 1.29 is 12.9 Å². The minimum atomic E-state index is -3.21. The van der Waals surface area contributed by atoms with E-state index in [1.165, 1.54) is 4.31 Å². The Morgan fingerprint density at radius 2 is 2.00 bits per heavy atom. The number of nitrogen functional groups attached to an aromatic ring is 1. The number of hydrogen-bond acceptors (Lipinski definition) is 8. The van der Waals surface area contributed by atoms with E-state index in [0.29, 0.717) is 36.8 Å². The number of aromatic nitrogens is 4. The van der Waals surface area contributed by atoms with E-state index in [4.69, 9.17) is 10.3 Å². The van der Waals surface area contributed by atoms with Crippen LogP contribution in [0.1, 0.15) is 19.0 Å². The van der Waals surface area contributed by atoms with Crippen molar-refractivity contribution in [1.29, 1.82) is 0 Å². The highest BCUT2D eigenvalue weighted by atomic mass is 32.2. The second-order valence-corrected chi connectivity index (χ2v) is 8.77. The van der Waals surface area contributed by atoms with Crippen LogP contribution < -0.4 is 5.73 Å². The molecule has 1 aliphatic heterocycles. The molecular weight excluding hydrogens is 392 g/mol. The molecular formula is C19H20N6O3S. The molecule has 3 aromatic rings. The van der Waals surface area contributed by atoms with Crippen LogP contribution in [0.15, 0.2) is 47.1 Å². The molecule has 0 amide bonds. The highest BCUT2D eigenvalue weighted by Crippen LogP contribution is 2.27. The number of rotatable bonds is 5. The summed E-state index contributed by atoms with van der Waals surface area (Å²) < 4.78 is 30.9. The van der Waals surface area contributed by atoms with Crippen molar-refractivity contribution in [2.45, 2.75) is 13.3 Å². The summed E-state index contributed by atoms with van der Waals surface area (Å²) >= 11 is 0. The van der Waals surface area contributed by atoms with Gasteiger partial charge in [0.15, 0.2) is 11.5 Å². The van der Waals surface area contributed by atoms with E-state index >= 15 is 0 Å². The van der Waals surface area contributed by atoms with Gasteiger partial charge in [-0.15, -0.1) is 0 Å². The molecule has 3 heterocycles. The second kappa shape index (κ2) is 7.72. The summed E-state index contributed by atoms with van der Waals surface area (Å²) in [5.41, 5.74) is 8.65. The third-order valence-corrected chi connectivity index (χ3v) is 6.57. The van der Waals surface area contributed by atoms with Gasteiger partial charge in [0.05, 0.1) is 17.6 Å². The lowest BCUT2D eigenvalue weighted by molar-refractivity contribution is 0.432. The Bertz CT molecular complexity index is 1160. The molecule has 9 nitrogen and oxygen atoms in total. The molecule has 0 radical (unpaired) electrons. The number of hydrogen-bond donors (Lipinski definition) is 1. The molecule has 29 heavy (non-hydrogen) atoms. The summed E-state index contributed by atoms with van der Waals surface area (Å²) in [5, 5.41) is 3.99. The average Bonchev–Trinajstić information content (AvgIpc) is 3.25. The largest absolute Gasteiger partial charge is 0.382 e. The van der Waals surface area contributed by atoms with Gasteiger partial charge in [0.25, 0.3) is 5.89 Å². The first-order valence-corrected chi connectivity index (χ1v) is 10.8. The molecule has 1 aromatic carbocycles. The molecule has 2 N–H and O–H groups in total. The van der Waals surface area contributed by atoms with Crippen LogP contribution in [0.4, 0.5) is 5.82 Å². The summed E-state index contributed by atoms with van der Waals surface area (Å²) in [6.07, 6.45) is 3.97. The third-order valence-electron chi connectivity index (χ3n) is 4.72. The molecule has 0 unspecified atom stereocenters. The fourth-order valence-electron chi connectivity index (χ4n) is 3.05. The van der Waals surface area contributed by atoms with Crippen LogP contribution in [0.2, 0.25) is 0 Å². The average molecular weight is 412 g/mol. The highest BCUT2D eigenvalue weighted by Gasteiger charge is 2.24. The topological polar surface area (TPSA) is 128 Å². The van der Waals surface area contributed by atoms with Gasteiger partial charge in [0, 0.05) is 18.7 Å². The third kappa shape index (κ3) is 3.89. The van der Waals surface area contributed by atoms with E-state index < -0.39 is 10.0 Å². The first kappa shape index (κ1) is 19.2. The Hall–Kier alpha value is -3.11. The van der Waals surface area contributed by atoms with Gasteiger partial charge in [-0.1, -0.05) is 29.4 Å². The van der Waals surface area contributed by atoms with Gasteiger partial charge < -0.3 is 10.3 Å². The van der Waals surface area contributed by atoms with E-state index in [0.717, 1.165) is 11.1 Å². The summed E-state index contributed by atoms with van der Waals surface area (Å²) in [7, 11) is -3.21. The predicted octanol–water partition coefficient (Wildman–Crippen LogP) is 2.21. The Morgan fingerprint density at radius 1 is 1.21 bits per heavy atom. The van der Waals surface area contributed by atoms with E-state index in [-0.39, 0.29) is 17.4 Å². The maximum atomic E-state index is 12.0. The Morgan fingerprint density at radius 3 is 2.69 bits per heavy atom. The van der Waals surface area contributed by atoms with Crippen LogP contribution >= 0.6 is 0 Å². The fourth-order valence-corrected chi connectivity index (χ4v) is 4.09. The highest BCUT2D eigenvalue weighted by molar-refractivity contribution is 7.89. The van der Waals surface area contributed by atoms with Crippen molar-refractivity contribution in [3.8, 4) is 23.0 Å². The number of sulfonamides is 1. The number of anilines is 1. The SMILES string of the molecule is CCS(=O)(=O)N1CC=C(c2cnc(N)c(-c3noc(-c4ccccc4)n3)n2)CC1. The molecule has 2 aromatic heterocycles. The van der Waals surface area contributed by atoms with E-state index in [2.05, 4.69) is 20.1 Å². The van der Waals surface area contributed by atoms with Gasteiger partial charge in [-0.3, -0.25) is 0 Å². The van der Waals surface area contributed by atoms with E-state index in [1.807, 2.05) is 36.4 Å². The first-order valence-electron chi connectivity index (χ1n) is 9.17. The summed E-state index contributed by atoms with van der Waals surface area (Å²) in [5.74, 6) is 0.899. The minimum Gasteiger partial charge on any atom is -0.382 e. The van der Waals surface area contributed by atoms with Crippen LogP contribution in [0, 0.1) is 0 Å². The monoisotopic (exact) mass is 412 g/mol. The molecule has 10 heteroatoms. The molecule has 150 valence electrons. The molecule has 0 saturated carbocycles. The van der Waals surface area contributed by atoms with Gasteiger partial charge in [0.1, 0.15) is 0 Å². The zero-order valence-corrected chi connectivity index (χ0v) is 16.6. The van der Waals surface area contributed by atoms with Gasteiger partial charge in [-0.2, -0.15) is 9.29 Å². The van der Waals surface area contributed by atoms with Crippen molar-refractivity contribution in [2.75, 3.05) is 24.6 Å². The summed E-state index contributed by atoms with van der Waals surface area (Å²) in [4.78, 5) is 13.2. The van der Waals surface area contributed by atoms with Crippen molar-refractivity contribution in [3.05, 3.63) is 48.3 Å². The van der Waals surface area contributed by atoms with Gasteiger partial charge >= 0.3 is 0 Å². The van der Waals surface area contributed by atoms with E-state index in [9.17, 15) is 8.42 Å². The number of nitrogens with zero attached hydrogens (tertiary/aromatic N) is 5. The molecule has 0 spiro atoms. The summed E-state index contributed by atoms with van der Waals surface area (Å²) in [6.45, 7) is 2.36. The van der Waals surface area contributed by atoms with Crippen LogP contribution in [-0.2, 0) is 10.0 Å². The Kier molecular flexibility index (Phi) is 5.12. The van der Waals surface area contributed by atoms with Crippen molar-refractivity contribution in [3.63, 3.8) is 0 Å². The molecule has 0 saturated heterocycles. The molecule has 0 fully saturated rings. The van der Waals surface area contributed by atoms with Crippen molar-refractivity contribution >= 4 is 21.4 Å². The fraction of sp³-hybridized carbons (Fsp3) is 0.263. The van der Waals surface area contributed by atoms with Gasteiger partial charge in [-0.25, -0.2) is 18.4 Å². The molecule has 4 rings (SSSR count). The lowest BCUT2D eigenvalue weighted by Crippen LogP contribution is -2.35. The van der Waals surface area contributed by atoms with Gasteiger partial charge in [-0.05, 0) is 31.1 Å². The number of benzene rings is 1. The maximum absolute atomic E-state index is 12.0. The van der Waals surface area contributed by atoms with Crippen molar-refractivity contribution in [2.24, 2.45) is 0 Å². The number of nitrogens with two attached hydrogens (primary N) is 1. The first-order chi connectivity index (χ1) is 14.0. The Labute approximate surface area is 168 Å². The van der Waals surface area contributed by atoms with Crippen LogP contribution in [0.25, 0.3) is 28.5 Å². The lowest BCUT2D eigenvalue weighted by Gasteiger charge is -2.25. The normalized spacial score (nSPS) is 15.3. The van der Waals surface area contributed by atoms with E-state index in [1.54, 1.807) is 13.1 Å². The summed E-state index contributed by atoms with van der Waals surface area (Å²) in [6, 6.07) is 9.40. The zero-order chi connectivity index (χ0) is 20.4. The maximum Gasteiger partial charge on any atom is 0.258 e. The minimum absolute atomic E-state index is 0.0869. The second-order valence-electron chi connectivity index (χ2n) is 6.52. The smallest absolute Gasteiger partial charge is 0.258 e. The molecule has 1 aliphatic rings. The van der Waals surface area contributed by atoms with Crippen LogP contribution in [0.5, 0.6) is 0 Å². The molecule has 0 atom stereocenters. The predicted molar refractivity (Wildman–Crippen MR) is 109 cm³/mol. The van der Waals surface area contributed by atoms with Crippen LogP contribution in [0.3, 0.4) is 0 Å². The van der Waals surface area contributed by atoms with Gasteiger partial charge in [0.2, 0.25) is 15.8 Å². The van der Waals surface area contributed by atoms with Crippen molar-refractivity contribution in [1.82, 2.24) is 24.4 Å². The standard InChI is InChI=1S/C19H20N6O3S/c1-2-29(26,27)25-10-8-13(9-11-25)15-12-21-17(20)16(22-15)18-23-19(28-24-18)14-6-4-3-5-7-14/h3-8,12H,2,9-11H2,1H3,(H2,20,21). The molecule has 0 bridgehead atoms. The Balaban J connectivity index is 1.62. The lowest BCUT2D eigenvalue weighted by atomic mass is 10.1.